The van der Waals surface area contributed by atoms with Crippen LogP contribution in [0.15, 0.2) is 14.9 Å². The van der Waals surface area contributed by atoms with Gasteiger partial charge in [0.2, 0.25) is 0 Å². The second kappa shape index (κ2) is 10.2. The third-order valence-electron chi connectivity index (χ3n) is 3.99. The molecule has 0 aromatic carbocycles. The lowest BCUT2D eigenvalue weighted by Gasteiger charge is -2.14. The highest BCUT2D eigenvalue weighted by Gasteiger charge is 2.17. The minimum Gasteiger partial charge on any atom is -0.361 e. The third kappa shape index (κ3) is 5.94. The lowest BCUT2D eigenvalue weighted by molar-refractivity contribution is 0.380. The molecule has 0 aliphatic heterocycles. The Labute approximate surface area is 177 Å². The molecule has 0 aliphatic rings. The Bertz CT molecular complexity index is 696. The van der Waals surface area contributed by atoms with Crippen molar-refractivity contribution in [1.82, 2.24) is 20.8 Å². The number of hydrogen-bond acceptors (Lipinski definition) is 5. The quantitative estimate of drug-likeness (QED) is 0.363. The SMILES string of the molecule is CCc1noc(CC)c1CNC(=NC)NCc1nc(C(C)(C)C)cs1.I. The summed E-state index contributed by atoms with van der Waals surface area (Å²) in [5, 5.41) is 14.0. The van der Waals surface area contributed by atoms with Gasteiger partial charge in [-0.05, 0) is 6.42 Å². The van der Waals surface area contributed by atoms with Crippen LogP contribution in [-0.4, -0.2) is 23.1 Å². The van der Waals surface area contributed by atoms with E-state index in [4.69, 9.17) is 9.51 Å². The number of halogens is 1. The summed E-state index contributed by atoms with van der Waals surface area (Å²) in [6, 6.07) is 0. The molecular weight excluding hydrogens is 461 g/mol. The van der Waals surface area contributed by atoms with Crippen molar-refractivity contribution >= 4 is 41.3 Å². The second-order valence-corrected chi connectivity index (χ2v) is 7.84. The number of aryl methyl sites for hydroxylation is 2. The first-order valence-corrected chi connectivity index (χ1v) is 9.62. The number of guanidine groups is 1. The first kappa shape index (κ1) is 22.9. The molecule has 0 saturated carbocycles. The van der Waals surface area contributed by atoms with Crippen LogP contribution in [0.5, 0.6) is 0 Å². The van der Waals surface area contributed by atoms with Gasteiger partial charge in [0.15, 0.2) is 5.96 Å². The Morgan fingerprint density at radius 3 is 2.42 bits per heavy atom. The number of thiazole rings is 1. The summed E-state index contributed by atoms with van der Waals surface area (Å²) < 4.78 is 5.41. The number of aliphatic imine (C=N–C) groups is 1. The van der Waals surface area contributed by atoms with Crippen LogP contribution >= 0.6 is 35.3 Å². The van der Waals surface area contributed by atoms with Crippen molar-refractivity contribution in [1.29, 1.82) is 0 Å². The Morgan fingerprint density at radius 2 is 1.88 bits per heavy atom. The molecule has 2 N–H and O–H groups in total. The van der Waals surface area contributed by atoms with Gasteiger partial charge in [0.1, 0.15) is 10.8 Å². The maximum absolute atomic E-state index is 5.41. The van der Waals surface area contributed by atoms with Crippen LogP contribution < -0.4 is 10.6 Å². The van der Waals surface area contributed by atoms with Crippen LogP contribution in [0.25, 0.3) is 0 Å². The fourth-order valence-corrected chi connectivity index (χ4v) is 3.39. The zero-order valence-electron chi connectivity index (χ0n) is 16.5. The van der Waals surface area contributed by atoms with E-state index in [9.17, 15) is 0 Å². The van der Waals surface area contributed by atoms with Gasteiger partial charge >= 0.3 is 0 Å². The molecule has 6 nitrogen and oxygen atoms in total. The van der Waals surface area contributed by atoms with Gasteiger partial charge in [-0.3, -0.25) is 4.99 Å². The minimum absolute atomic E-state index is 0. The normalized spacial score (nSPS) is 12.0. The summed E-state index contributed by atoms with van der Waals surface area (Å²) in [4.78, 5) is 8.99. The standard InChI is InChI=1S/C18H29N5OS.HI/c1-7-13-12(14(8-2)24-23-13)9-20-17(19-6)21-10-16-22-15(11-25-16)18(3,4)5;/h11H,7-10H2,1-6H3,(H2,19,20,21);1H. The van der Waals surface area contributed by atoms with Crippen molar-refractivity contribution < 1.29 is 4.52 Å². The molecule has 0 fully saturated rings. The molecule has 0 unspecified atom stereocenters. The number of rotatable bonds is 6. The molecule has 0 saturated heterocycles. The average Bonchev–Trinajstić information content (AvgIpc) is 3.20. The van der Waals surface area contributed by atoms with E-state index in [0.29, 0.717) is 13.1 Å². The van der Waals surface area contributed by atoms with Crippen LogP contribution in [0.1, 0.15) is 62.3 Å². The highest BCUT2D eigenvalue weighted by Crippen LogP contribution is 2.23. The maximum Gasteiger partial charge on any atom is 0.191 e. The fourth-order valence-electron chi connectivity index (χ4n) is 2.43. The van der Waals surface area contributed by atoms with Crippen molar-refractivity contribution in [3.63, 3.8) is 0 Å². The Kier molecular flexibility index (Phi) is 9.02. The van der Waals surface area contributed by atoms with E-state index in [1.807, 2.05) is 0 Å². The largest absolute Gasteiger partial charge is 0.361 e. The fraction of sp³-hybridized carbons (Fsp3) is 0.611. The summed E-state index contributed by atoms with van der Waals surface area (Å²) in [6.45, 7) is 12.0. The maximum atomic E-state index is 5.41. The predicted molar refractivity (Wildman–Crippen MR) is 119 cm³/mol. The van der Waals surface area contributed by atoms with Gasteiger partial charge in [-0.2, -0.15) is 0 Å². The number of nitrogens with zero attached hydrogens (tertiary/aromatic N) is 3. The van der Waals surface area contributed by atoms with Crippen molar-refractivity contribution in [2.24, 2.45) is 4.99 Å². The van der Waals surface area contributed by atoms with Crippen molar-refractivity contribution in [3.05, 3.63) is 33.1 Å². The van der Waals surface area contributed by atoms with E-state index < -0.39 is 0 Å². The smallest absolute Gasteiger partial charge is 0.191 e. The van der Waals surface area contributed by atoms with E-state index >= 15 is 0 Å². The summed E-state index contributed by atoms with van der Waals surface area (Å²) in [5.74, 6) is 1.69. The molecule has 2 aromatic rings. The zero-order valence-corrected chi connectivity index (χ0v) is 19.6. The van der Waals surface area contributed by atoms with Gasteiger partial charge in [0.05, 0.1) is 17.9 Å². The molecule has 2 aromatic heterocycles. The van der Waals surface area contributed by atoms with Crippen LogP contribution in [0.2, 0.25) is 0 Å². The molecule has 0 bridgehead atoms. The third-order valence-corrected chi connectivity index (χ3v) is 4.84. The van der Waals surface area contributed by atoms with Crippen molar-refractivity contribution in [2.75, 3.05) is 7.05 Å². The molecular formula is C18H30IN5OS. The Morgan fingerprint density at radius 1 is 1.19 bits per heavy atom. The van der Waals surface area contributed by atoms with Gasteiger partial charge in [-0.15, -0.1) is 35.3 Å². The van der Waals surface area contributed by atoms with Gasteiger partial charge < -0.3 is 15.2 Å². The molecule has 0 amide bonds. The lowest BCUT2D eigenvalue weighted by atomic mass is 9.93. The molecule has 0 spiro atoms. The van der Waals surface area contributed by atoms with Crippen LogP contribution in [0.4, 0.5) is 0 Å². The Hall–Kier alpha value is -1.16. The van der Waals surface area contributed by atoms with Gasteiger partial charge in [0, 0.05) is 36.4 Å². The minimum atomic E-state index is 0. The van der Waals surface area contributed by atoms with E-state index in [-0.39, 0.29) is 29.4 Å². The Balaban J connectivity index is 0.00000338. The molecule has 146 valence electrons. The molecule has 26 heavy (non-hydrogen) atoms. The summed E-state index contributed by atoms with van der Waals surface area (Å²) in [7, 11) is 1.77. The molecule has 0 aliphatic carbocycles. The highest BCUT2D eigenvalue weighted by molar-refractivity contribution is 14.0. The molecule has 2 rings (SSSR count). The van der Waals surface area contributed by atoms with Gasteiger partial charge in [-0.1, -0.05) is 39.8 Å². The average molecular weight is 491 g/mol. The van der Waals surface area contributed by atoms with Crippen LogP contribution in [-0.2, 0) is 31.3 Å². The van der Waals surface area contributed by atoms with E-state index in [2.05, 4.69) is 60.8 Å². The molecule has 8 heteroatoms. The monoisotopic (exact) mass is 491 g/mol. The summed E-state index contributed by atoms with van der Waals surface area (Å²) in [6.07, 6.45) is 1.70. The summed E-state index contributed by atoms with van der Waals surface area (Å²) >= 11 is 1.68. The van der Waals surface area contributed by atoms with Crippen molar-refractivity contribution in [2.45, 2.75) is 66.0 Å². The topological polar surface area (TPSA) is 75.3 Å². The van der Waals surface area contributed by atoms with Gasteiger partial charge in [0.25, 0.3) is 0 Å². The molecule has 2 heterocycles. The van der Waals surface area contributed by atoms with Crippen LogP contribution in [0.3, 0.4) is 0 Å². The molecule has 0 radical (unpaired) electrons. The first-order chi connectivity index (χ1) is 11.9. The summed E-state index contributed by atoms with van der Waals surface area (Å²) in [5.41, 5.74) is 3.35. The molecule has 0 atom stereocenters. The highest BCUT2D eigenvalue weighted by atomic mass is 127. The van der Waals surface area contributed by atoms with E-state index in [1.165, 1.54) is 0 Å². The number of aromatic nitrogens is 2. The predicted octanol–water partition coefficient (Wildman–Crippen LogP) is 4.04. The number of hydrogen-bond donors (Lipinski definition) is 2. The lowest BCUT2D eigenvalue weighted by Crippen LogP contribution is -2.36. The number of nitrogens with one attached hydrogen (secondary N) is 2. The zero-order chi connectivity index (χ0) is 18.4. The van der Waals surface area contributed by atoms with Crippen molar-refractivity contribution in [3.8, 4) is 0 Å². The van der Waals surface area contributed by atoms with E-state index in [0.717, 1.165) is 46.5 Å². The second-order valence-electron chi connectivity index (χ2n) is 6.89. The van der Waals surface area contributed by atoms with E-state index in [1.54, 1.807) is 18.4 Å². The first-order valence-electron chi connectivity index (χ1n) is 8.74. The van der Waals surface area contributed by atoms with Crippen LogP contribution in [0, 0.1) is 0 Å². The van der Waals surface area contributed by atoms with Gasteiger partial charge in [-0.25, -0.2) is 4.98 Å².